The molecule has 0 heterocycles. The first-order valence-corrected chi connectivity index (χ1v) is 6.88. The van der Waals surface area contributed by atoms with Crippen molar-refractivity contribution < 1.29 is 9.32 Å². The Kier molecular flexibility index (Phi) is 5.87. The standard InChI is InChI=1S/C14H18O2S/c1-3-4-5-6-13(15)11-17(16)14-9-7-12(2)8-10-14/h3-10,13,15H,11H2,1-2H3/b4-3+,6-5+/t13-,17?/m1/s1. The quantitative estimate of drug-likeness (QED) is 0.816. The summed E-state index contributed by atoms with van der Waals surface area (Å²) in [5.74, 6) is 0.233. The lowest BCUT2D eigenvalue weighted by Gasteiger charge is -2.05. The topological polar surface area (TPSA) is 37.3 Å². The molecule has 3 heteroatoms. The summed E-state index contributed by atoms with van der Waals surface area (Å²) in [7, 11) is -1.15. The van der Waals surface area contributed by atoms with Crippen LogP contribution in [0.3, 0.4) is 0 Å². The third-order valence-corrected chi connectivity index (χ3v) is 3.69. The maximum atomic E-state index is 11.9. The van der Waals surface area contributed by atoms with Crippen molar-refractivity contribution in [2.45, 2.75) is 24.8 Å². The van der Waals surface area contributed by atoms with Crippen LogP contribution in [0.15, 0.2) is 53.5 Å². The maximum Gasteiger partial charge on any atom is 0.0842 e. The minimum atomic E-state index is -1.15. The monoisotopic (exact) mass is 250 g/mol. The summed E-state index contributed by atoms with van der Waals surface area (Å²) in [6.45, 7) is 3.89. The maximum absolute atomic E-state index is 11.9. The van der Waals surface area contributed by atoms with Crippen LogP contribution in [0, 0.1) is 6.92 Å². The van der Waals surface area contributed by atoms with Gasteiger partial charge in [-0.15, -0.1) is 0 Å². The van der Waals surface area contributed by atoms with E-state index in [9.17, 15) is 9.32 Å². The predicted octanol–water partition coefficient (Wildman–Crippen LogP) is 2.60. The van der Waals surface area contributed by atoms with Crippen LogP contribution in [-0.4, -0.2) is 21.2 Å². The van der Waals surface area contributed by atoms with E-state index in [1.54, 1.807) is 12.2 Å². The molecule has 1 N–H and O–H groups in total. The Morgan fingerprint density at radius 1 is 1.29 bits per heavy atom. The van der Waals surface area contributed by atoms with Crippen molar-refractivity contribution >= 4 is 10.8 Å². The minimum Gasteiger partial charge on any atom is -0.388 e. The molecule has 0 radical (unpaired) electrons. The highest BCUT2D eigenvalue weighted by molar-refractivity contribution is 7.85. The van der Waals surface area contributed by atoms with Gasteiger partial charge in [0.2, 0.25) is 0 Å². The Balaban J connectivity index is 2.57. The summed E-state index contributed by atoms with van der Waals surface area (Å²) in [5.41, 5.74) is 1.14. The van der Waals surface area contributed by atoms with E-state index >= 15 is 0 Å². The Morgan fingerprint density at radius 2 is 1.94 bits per heavy atom. The Hall–Kier alpha value is -1.19. The first-order chi connectivity index (χ1) is 8.13. The molecule has 0 aromatic heterocycles. The minimum absolute atomic E-state index is 0.233. The molecule has 0 saturated heterocycles. The van der Waals surface area contributed by atoms with Crippen molar-refractivity contribution in [3.8, 4) is 0 Å². The molecule has 0 fully saturated rings. The number of rotatable bonds is 5. The molecule has 1 aromatic carbocycles. The van der Waals surface area contributed by atoms with E-state index in [0.29, 0.717) is 0 Å². The highest BCUT2D eigenvalue weighted by Crippen LogP contribution is 2.09. The molecular formula is C14H18O2S. The molecule has 0 saturated carbocycles. The molecule has 1 aromatic rings. The summed E-state index contributed by atoms with van der Waals surface area (Å²) >= 11 is 0. The molecule has 2 atom stereocenters. The highest BCUT2D eigenvalue weighted by Gasteiger charge is 2.08. The third-order valence-electron chi connectivity index (χ3n) is 2.24. The van der Waals surface area contributed by atoms with Gasteiger partial charge in [-0.1, -0.05) is 42.0 Å². The Bertz CT molecular complexity index is 418. The molecule has 0 aliphatic carbocycles. The number of benzene rings is 1. The van der Waals surface area contributed by atoms with Gasteiger partial charge in [-0.2, -0.15) is 0 Å². The van der Waals surface area contributed by atoms with Crippen molar-refractivity contribution in [1.82, 2.24) is 0 Å². The number of aliphatic hydroxyl groups excluding tert-OH is 1. The molecular weight excluding hydrogens is 232 g/mol. The molecule has 92 valence electrons. The molecule has 1 unspecified atom stereocenters. The number of hydrogen-bond donors (Lipinski definition) is 1. The highest BCUT2D eigenvalue weighted by atomic mass is 32.2. The van der Waals surface area contributed by atoms with Crippen LogP contribution in [0.4, 0.5) is 0 Å². The zero-order valence-electron chi connectivity index (χ0n) is 10.2. The van der Waals surface area contributed by atoms with Gasteiger partial charge in [0.1, 0.15) is 0 Å². The molecule has 0 bridgehead atoms. The predicted molar refractivity (Wildman–Crippen MR) is 72.4 cm³/mol. The number of aliphatic hydroxyl groups is 1. The van der Waals surface area contributed by atoms with Gasteiger partial charge < -0.3 is 5.11 Å². The fourth-order valence-electron chi connectivity index (χ4n) is 1.30. The molecule has 2 nitrogen and oxygen atoms in total. The second-order valence-corrected chi connectivity index (χ2v) is 5.30. The van der Waals surface area contributed by atoms with Crippen LogP contribution >= 0.6 is 0 Å². The van der Waals surface area contributed by atoms with E-state index < -0.39 is 16.9 Å². The summed E-state index contributed by atoms with van der Waals surface area (Å²) in [6.07, 6.45) is 6.44. The van der Waals surface area contributed by atoms with E-state index in [1.807, 2.05) is 50.3 Å². The van der Waals surface area contributed by atoms with Gasteiger partial charge in [-0.05, 0) is 26.0 Å². The lowest BCUT2D eigenvalue weighted by Crippen LogP contribution is -2.13. The van der Waals surface area contributed by atoms with E-state index in [4.69, 9.17) is 0 Å². The summed E-state index contributed by atoms with van der Waals surface area (Å²) in [6, 6.07) is 7.53. The van der Waals surface area contributed by atoms with Crippen LogP contribution in [0.5, 0.6) is 0 Å². The van der Waals surface area contributed by atoms with Crippen molar-refractivity contribution in [1.29, 1.82) is 0 Å². The average molecular weight is 250 g/mol. The zero-order chi connectivity index (χ0) is 12.7. The van der Waals surface area contributed by atoms with Crippen LogP contribution in [-0.2, 0) is 10.8 Å². The molecule has 0 aliphatic heterocycles. The van der Waals surface area contributed by atoms with Gasteiger partial charge in [0.05, 0.1) is 22.7 Å². The number of hydrogen-bond acceptors (Lipinski definition) is 2. The lowest BCUT2D eigenvalue weighted by molar-refractivity contribution is 0.247. The third kappa shape index (κ3) is 5.11. The van der Waals surface area contributed by atoms with Crippen molar-refractivity contribution in [2.24, 2.45) is 0 Å². The molecule has 0 spiro atoms. The molecule has 0 amide bonds. The number of allylic oxidation sites excluding steroid dienone is 3. The largest absolute Gasteiger partial charge is 0.388 e. The molecule has 17 heavy (non-hydrogen) atoms. The first kappa shape index (κ1) is 13.9. The molecule has 0 aliphatic rings. The average Bonchev–Trinajstić information content (AvgIpc) is 2.30. The fourth-order valence-corrected chi connectivity index (χ4v) is 2.35. The molecule has 1 rings (SSSR count). The van der Waals surface area contributed by atoms with E-state index in [2.05, 4.69) is 0 Å². The smallest absolute Gasteiger partial charge is 0.0842 e. The zero-order valence-corrected chi connectivity index (χ0v) is 11.0. The summed E-state index contributed by atoms with van der Waals surface area (Å²) < 4.78 is 11.9. The van der Waals surface area contributed by atoms with Gasteiger partial charge in [-0.25, -0.2) is 0 Å². The first-order valence-electron chi connectivity index (χ1n) is 5.56. The van der Waals surface area contributed by atoms with Crippen LogP contribution < -0.4 is 0 Å². The van der Waals surface area contributed by atoms with Gasteiger partial charge in [0.25, 0.3) is 0 Å². The fraction of sp³-hybridized carbons (Fsp3) is 0.286. The SMILES string of the molecule is C/C=C/C=C/[C@@H](O)CS(=O)c1ccc(C)cc1. The van der Waals surface area contributed by atoms with Gasteiger partial charge in [0, 0.05) is 4.90 Å². The second-order valence-electron chi connectivity index (χ2n) is 3.80. The van der Waals surface area contributed by atoms with Gasteiger partial charge >= 0.3 is 0 Å². The lowest BCUT2D eigenvalue weighted by atomic mass is 10.2. The van der Waals surface area contributed by atoms with Crippen molar-refractivity contribution in [3.05, 3.63) is 54.1 Å². The van der Waals surface area contributed by atoms with Crippen molar-refractivity contribution in [2.75, 3.05) is 5.75 Å². The van der Waals surface area contributed by atoms with Crippen LogP contribution in [0.1, 0.15) is 12.5 Å². The summed E-state index contributed by atoms with van der Waals surface area (Å²) in [4.78, 5) is 0.758. The summed E-state index contributed by atoms with van der Waals surface area (Å²) in [5, 5.41) is 9.65. The van der Waals surface area contributed by atoms with E-state index in [0.717, 1.165) is 10.5 Å². The van der Waals surface area contributed by atoms with E-state index in [-0.39, 0.29) is 5.75 Å². The van der Waals surface area contributed by atoms with E-state index in [1.165, 1.54) is 0 Å². The normalized spacial score (nSPS) is 15.5. The van der Waals surface area contributed by atoms with Gasteiger partial charge in [-0.3, -0.25) is 4.21 Å². The van der Waals surface area contributed by atoms with Crippen LogP contribution in [0.2, 0.25) is 0 Å². The second kappa shape index (κ2) is 7.20. The van der Waals surface area contributed by atoms with Gasteiger partial charge in [0.15, 0.2) is 0 Å². The Labute approximate surface area is 105 Å². The number of aryl methyl sites for hydroxylation is 1. The van der Waals surface area contributed by atoms with Crippen LogP contribution in [0.25, 0.3) is 0 Å². The van der Waals surface area contributed by atoms with Crippen molar-refractivity contribution in [3.63, 3.8) is 0 Å². The Morgan fingerprint density at radius 3 is 2.53 bits per heavy atom.